The van der Waals surface area contributed by atoms with Gasteiger partial charge in [0.1, 0.15) is 11.2 Å². The van der Waals surface area contributed by atoms with E-state index < -0.39 is 0 Å². The molecule has 0 unspecified atom stereocenters. The van der Waals surface area contributed by atoms with Crippen molar-refractivity contribution in [2.24, 2.45) is 0 Å². The SMILES string of the molecule is O=C(c1ccc2ncoc2c1)N1CCCN(C(=O)c2cnccn2)CC1. The van der Waals surface area contributed by atoms with Crippen molar-refractivity contribution in [3.05, 3.63) is 54.4 Å². The Labute approximate surface area is 149 Å². The van der Waals surface area contributed by atoms with Crippen LogP contribution in [0, 0.1) is 0 Å². The molecule has 1 fully saturated rings. The normalized spacial score (nSPS) is 15.1. The number of hydrogen-bond donors (Lipinski definition) is 0. The van der Waals surface area contributed by atoms with Gasteiger partial charge in [-0.3, -0.25) is 14.6 Å². The fourth-order valence-corrected chi connectivity index (χ4v) is 3.07. The molecule has 0 bridgehead atoms. The van der Waals surface area contributed by atoms with Crippen LogP contribution < -0.4 is 0 Å². The van der Waals surface area contributed by atoms with Gasteiger partial charge < -0.3 is 14.2 Å². The lowest BCUT2D eigenvalue weighted by molar-refractivity contribution is 0.0715. The van der Waals surface area contributed by atoms with E-state index in [4.69, 9.17) is 4.42 Å². The first-order valence-corrected chi connectivity index (χ1v) is 8.40. The second kappa shape index (κ2) is 6.91. The Bertz CT molecular complexity index is 940. The van der Waals surface area contributed by atoms with Crippen LogP contribution in [-0.4, -0.2) is 62.7 Å². The molecule has 8 heteroatoms. The highest BCUT2D eigenvalue weighted by atomic mass is 16.3. The van der Waals surface area contributed by atoms with Gasteiger partial charge in [0.15, 0.2) is 12.0 Å². The number of carbonyl (C=O) groups is 2. The Morgan fingerprint density at radius 1 is 0.962 bits per heavy atom. The van der Waals surface area contributed by atoms with Gasteiger partial charge in [-0.05, 0) is 24.6 Å². The van der Waals surface area contributed by atoms with Crippen LogP contribution in [0.2, 0.25) is 0 Å². The van der Waals surface area contributed by atoms with Crippen LogP contribution in [-0.2, 0) is 0 Å². The molecule has 132 valence electrons. The predicted octanol–water partition coefficient (Wildman–Crippen LogP) is 1.61. The number of benzene rings is 1. The largest absolute Gasteiger partial charge is 0.443 e. The number of oxazole rings is 1. The minimum atomic E-state index is -0.157. The van der Waals surface area contributed by atoms with Gasteiger partial charge in [-0.1, -0.05) is 0 Å². The Hall–Kier alpha value is -3.29. The number of amides is 2. The fourth-order valence-electron chi connectivity index (χ4n) is 3.07. The topological polar surface area (TPSA) is 92.4 Å². The molecule has 1 saturated heterocycles. The van der Waals surface area contributed by atoms with E-state index in [1.54, 1.807) is 28.0 Å². The second-order valence-corrected chi connectivity index (χ2v) is 6.06. The van der Waals surface area contributed by atoms with Crippen molar-refractivity contribution >= 4 is 22.9 Å². The minimum absolute atomic E-state index is 0.0721. The molecule has 2 aromatic heterocycles. The molecule has 0 spiro atoms. The quantitative estimate of drug-likeness (QED) is 0.696. The molecule has 0 N–H and O–H groups in total. The zero-order valence-electron chi connectivity index (χ0n) is 14.0. The lowest BCUT2D eigenvalue weighted by Gasteiger charge is -2.22. The highest BCUT2D eigenvalue weighted by molar-refractivity contribution is 5.97. The van der Waals surface area contributed by atoms with E-state index in [9.17, 15) is 9.59 Å². The highest BCUT2D eigenvalue weighted by Gasteiger charge is 2.24. The maximum atomic E-state index is 12.8. The van der Waals surface area contributed by atoms with E-state index in [-0.39, 0.29) is 11.8 Å². The lowest BCUT2D eigenvalue weighted by Crippen LogP contribution is -2.37. The minimum Gasteiger partial charge on any atom is -0.443 e. The maximum absolute atomic E-state index is 12.8. The van der Waals surface area contributed by atoms with Crippen LogP contribution >= 0.6 is 0 Å². The third-order valence-corrected chi connectivity index (χ3v) is 4.43. The molecule has 1 aromatic carbocycles. The third kappa shape index (κ3) is 3.13. The number of hydrogen-bond acceptors (Lipinski definition) is 6. The average molecular weight is 351 g/mol. The molecule has 0 aliphatic carbocycles. The van der Waals surface area contributed by atoms with E-state index >= 15 is 0 Å². The monoisotopic (exact) mass is 351 g/mol. The number of fused-ring (bicyclic) bond motifs is 1. The maximum Gasteiger partial charge on any atom is 0.274 e. The Balaban J connectivity index is 1.46. The van der Waals surface area contributed by atoms with Crippen molar-refractivity contribution in [3.8, 4) is 0 Å². The standard InChI is InChI=1S/C18H17N5O3/c24-17(13-2-3-14-16(10-13)26-12-21-14)22-6-1-7-23(9-8-22)18(25)15-11-19-4-5-20-15/h2-5,10-12H,1,6-9H2. The summed E-state index contributed by atoms with van der Waals surface area (Å²) in [4.78, 5) is 40.9. The first-order chi connectivity index (χ1) is 12.7. The fraction of sp³-hybridized carbons (Fsp3) is 0.278. The number of carbonyl (C=O) groups excluding carboxylic acids is 2. The van der Waals surface area contributed by atoms with Crippen LogP contribution in [0.1, 0.15) is 27.3 Å². The number of rotatable bonds is 2. The van der Waals surface area contributed by atoms with Crippen molar-refractivity contribution in [2.75, 3.05) is 26.2 Å². The summed E-state index contributed by atoms with van der Waals surface area (Å²) in [5, 5.41) is 0. The van der Waals surface area contributed by atoms with Crippen molar-refractivity contribution in [1.82, 2.24) is 24.8 Å². The first kappa shape index (κ1) is 16.2. The van der Waals surface area contributed by atoms with E-state index in [1.165, 1.54) is 25.0 Å². The molecule has 0 atom stereocenters. The molecule has 26 heavy (non-hydrogen) atoms. The summed E-state index contributed by atoms with van der Waals surface area (Å²) in [5.74, 6) is -0.229. The molecule has 2 amide bonds. The molecule has 0 saturated carbocycles. The highest BCUT2D eigenvalue weighted by Crippen LogP contribution is 2.17. The van der Waals surface area contributed by atoms with Gasteiger partial charge in [0.2, 0.25) is 0 Å². The average Bonchev–Trinajstić information content (AvgIpc) is 3.02. The molecular weight excluding hydrogens is 334 g/mol. The summed E-state index contributed by atoms with van der Waals surface area (Å²) < 4.78 is 5.27. The Kier molecular flexibility index (Phi) is 4.30. The lowest BCUT2D eigenvalue weighted by atomic mass is 10.1. The zero-order chi connectivity index (χ0) is 17.9. The molecular formula is C18H17N5O3. The van der Waals surface area contributed by atoms with E-state index in [0.717, 1.165) is 5.52 Å². The van der Waals surface area contributed by atoms with Crippen LogP contribution in [0.4, 0.5) is 0 Å². The number of nitrogens with zero attached hydrogens (tertiary/aromatic N) is 5. The van der Waals surface area contributed by atoms with Crippen LogP contribution in [0.25, 0.3) is 11.1 Å². The summed E-state index contributed by atoms with van der Waals surface area (Å²) in [6.45, 7) is 2.11. The van der Waals surface area contributed by atoms with Gasteiger partial charge in [-0.2, -0.15) is 0 Å². The molecule has 8 nitrogen and oxygen atoms in total. The Morgan fingerprint density at radius 2 is 1.77 bits per heavy atom. The summed E-state index contributed by atoms with van der Waals surface area (Å²) in [6, 6.07) is 5.23. The predicted molar refractivity (Wildman–Crippen MR) is 92.5 cm³/mol. The number of aromatic nitrogens is 3. The molecule has 1 aliphatic heterocycles. The summed E-state index contributed by atoms with van der Waals surface area (Å²) in [5.41, 5.74) is 2.19. The van der Waals surface area contributed by atoms with Crippen LogP contribution in [0.15, 0.2) is 47.6 Å². The van der Waals surface area contributed by atoms with Gasteiger partial charge in [0, 0.05) is 44.1 Å². The summed E-state index contributed by atoms with van der Waals surface area (Å²) in [7, 11) is 0. The first-order valence-electron chi connectivity index (χ1n) is 8.40. The van der Waals surface area contributed by atoms with Crippen molar-refractivity contribution in [2.45, 2.75) is 6.42 Å². The van der Waals surface area contributed by atoms with E-state index in [2.05, 4.69) is 15.0 Å². The summed E-state index contributed by atoms with van der Waals surface area (Å²) in [6.07, 6.45) is 6.57. The van der Waals surface area contributed by atoms with Gasteiger partial charge in [-0.15, -0.1) is 0 Å². The van der Waals surface area contributed by atoms with Crippen molar-refractivity contribution < 1.29 is 14.0 Å². The molecule has 1 aliphatic rings. The Morgan fingerprint density at radius 3 is 2.54 bits per heavy atom. The smallest absolute Gasteiger partial charge is 0.274 e. The van der Waals surface area contributed by atoms with Gasteiger partial charge in [-0.25, -0.2) is 9.97 Å². The molecule has 0 radical (unpaired) electrons. The summed E-state index contributed by atoms with van der Waals surface area (Å²) >= 11 is 0. The third-order valence-electron chi connectivity index (χ3n) is 4.43. The molecule has 4 rings (SSSR count). The second-order valence-electron chi connectivity index (χ2n) is 6.06. The van der Waals surface area contributed by atoms with E-state index in [1.807, 2.05) is 0 Å². The molecule has 3 aromatic rings. The van der Waals surface area contributed by atoms with Gasteiger partial charge >= 0.3 is 0 Å². The van der Waals surface area contributed by atoms with Gasteiger partial charge in [0.25, 0.3) is 11.8 Å². The van der Waals surface area contributed by atoms with Gasteiger partial charge in [0.05, 0.1) is 6.20 Å². The molecule has 3 heterocycles. The van der Waals surface area contributed by atoms with Crippen molar-refractivity contribution in [3.63, 3.8) is 0 Å². The van der Waals surface area contributed by atoms with Crippen LogP contribution in [0.5, 0.6) is 0 Å². The van der Waals surface area contributed by atoms with Crippen LogP contribution in [0.3, 0.4) is 0 Å². The van der Waals surface area contributed by atoms with Crippen molar-refractivity contribution in [1.29, 1.82) is 0 Å². The van der Waals surface area contributed by atoms with E-state index in [0.29, 0.717) is 49.4 Å². The zero-order valence-corrected chi connectivity index (χ0v) is 14.0.